The highest BCUT2D eigenvalue weighted by molar-refractivity contribution is 5.93. The van der Waals surface area contributed by atoms with E-state index in [1.54, 1.807) is 0 Å². The SMILES string of the molecule is O=C(Nc1ccc(C2CCOCC2)c(CO)n1)C1CC1. The highest BCUT2D eigenvalue weighted by Crippen LogP contribution is 2.31. The Hall–Kier alpha value is -1.46. The zero-order valence-corrected chi connectivity index (χ0v) is 11.5. The van der Waals surface area contributed by atoms with Crippen LogP contribution < -0.4 is 5.32 Å². The topological polar surface area (TPSA) is 71.5 Å². The van der Waals surface area contributed by atoms with Gasteiger partial charge in [-0.05, 0) is 43.2 Å². The van der Waals surface area contributed by atoms with E-state index in [0.717, 1.165) is 44.5 Å². The van der Waals surface area contributed by atoms with Gasteiger partial charge in [0, 0.05) is 19.1 Å². The molecule has 5 heteroatoms. The Morgan fingerprint density at radius 3 is 2.70 bits per heavy atom. The van der Waals surface area contributed by atoms with Gasteiger partial charge in [0.2, 0.25) is 5.91 Å². The van der Waals surface area contributed by atoms with Crippen molar-refractivity contribution in [2.24, 2.45) is 5.92 Å². The second kappa shape index (κ2) is 5.89. The number of nitrogens with zero attached hydrogens (tertiary/aromatic N) is 1. The lowest BCUT2D eigenvalue weighted by Gasteiger charge is -2.24. The molecule has 0 bridgehead atoms. The Kier molecular flexibility index (Phi) is 3.98. The van der Waals surface area contributed by atoms with Crippen LogP contribution in [0.3, 0.4) is 0 Å². The first-order valence-electron chi connectivity index (χ1n) is 7.27. The van der Waals surface area contributed by atoms with Gasteiger partial charge in [-0.3, -0.25) is 4.79 Å². The summed E-state index contributed by atoms with van der Waals surface area (Å²) in [5.41, 5.74) is 1.76. The number of aliphatic hydroxyl groups is 1. The molecule has 3 rings (SSSR count). The molecule has 1 saturated heterocycles. The molecular formula is C15H20N2O3. The van der Waals surface area contributed by atoms with E-state index >= 15 is 0 Å². The lowest BCUT2D eigenvalue weighted by atomic mass is 9.90. The minimum Gasteiger partial charge on any atom is -0.390 e. The number of aromatic nitrogens is 1. The number of anilines is 1. The van der Waals surface area contributed by atoms with E-state index in [1.165, 1.54) is 0 Å². The standard InChI is InChI=1S/C15H20N2O3/c18-9-13-12(10-5-7-20-8-6-10)3-4-14(16-13)17-15(19)11-1-2-11/h3-4,10-11,18H,1-2,5-9H2,(H,16,17,19). The van der Waals surface area contributed by atoms with Crippen molar-refractivity contribution in [3.63, 3.8) is 0 Å². The Bertz CT molecular complexity index is 494. The number of pyridine rings is 1. The van der Waals surface area contributed by atoms with Crippen LogP contribution in [-0.4, -0.2) is 29.2 Å². The van der Waals surface area contributed by atoms with Crippen molar-refractivity contribution >= 4 is 11.7 Å². The van der Waals surface area contributed by atoms with Crippen molar-refractivity contribution in [1.29, 1.82) is 0 Å². The average Bonchev–Trinajstić information content (AvgIpc) is 3.32. The number of aliphatic hydroxyl groups excluding tert-OH is 1. The van der Waals surface area contributed by atoms with E-state index in [1.807, 2.05) is 12.1 Å². The highest BCUT2D eigenvalue weighted by Gasteiger charge is 2.30. The smallest absolute Gasteiger partial charge is 0.228 e. The molecule has 2 aliphatic rings. The summed E-state index contributed by atoms with van der Waals surface area (Å²) in [6, 6.07) is 3.82. The van der Waals surface area contributed by atoms with Gasteiger partial charge in [-0.2, -0.15) is 0 Å². The van der Waals surface area contributed by atoms with E-state index < -0.39 is 0 Å². The first kappa shape index (κ1) is 13.5. The molecule has 1 aliphatic carbocycles. The third-order valence-electron chi connectivity index (χ3n) is 4.02. The summed E-state index contributed by atoms with van der Waals surface area (Å²) in [4.78, 5) is 16.1. The maximum atomic E-state index is 11.7. The van der Waals surface area contributed by atoms with Crippen LogP contribution in [-0.2, 0) is 16.1 Å². The minimum atomic E-state index is -0.0974. The molecule has 2 N–H and O–H groups in total. The van der Waals surface area contributed by atoms with Crippen molar-refractivity contribution in [3.05, 3.63) is 23.4 Å². The highest BCUT2D eigenvalue weighted by atomic mass is 16.5. The average molecular weight is 276 g/mol. The Labute approximate surface area is 118 Å². The zero-order valence-electron chi connectivity index (χ0n) is 11.5. The number of nitrogens with one attached hydrogen (secondary N) is 1. The van der Waals surface area contributed by atoms with Crippen LogP contribution in [0.4, 0.5) is 5.82 Å². The Morgan fingerprint density at radius 2 is 2.05 bits per heavy atom. The molecule has 1 aromatic rings. The number of hydrogen-bond donors (Lipinski definition) is 2. The van der Waals surface area contributed by atoms with Crippen molar-refractivity contribution in [2.75, 3.05) is 18.5 Å². The third-order valence-corrected chi connectivity index (χ3v) is 4.02. The molecule has 0 radical (unpaired) electrons. The van der Waals surface area contributed by atoms with E-state index in [9.17, 15) is 9.90 Å². The quantitative estimate of drug-likeness (QED) is 0.880. The summed E-state index contributed by atoms with van der Waals surface area (Å²) in [6.07, 6.45) is 3.86. The van der Waals surface area contributed by atoms with Gasteiger partial charge in [-0.15, -0.1) is 0 Å². The largest absolute Gasteiger partial charge is 0.390 e. The van der Waals surface area contributed by atoms with Crippen LogP contribution in [0.5, 0.6) is 0 Å². The van der Waals surface area contributed by atoms with Crippen molar-refractivity contribution < 1.29 is 14.6 Å². The van der Waals surface area contributed by atoms with Gasteiger partial charge < -0.3 is 15.2 Å². The molecule has 1 saturated carbocycles. The van der Waals surface area contributed by atoms with E-state index in [2.05, 4.69) is 10.3 Å². The summed E-state index contributed by atoms with van der Waals surface area (Å²) in [5.74, 6) is 1.14. The van der Waals surface area contributed by atoms with Gasteiger partial charge in [0.15, 0.2) is 0 Å². The number of amides is 1. The molecule has 2 fully saturated rings. The van der Waals surface area contributed by atoms with Crippen molar-refractivity contribution in [2.45, 2.75) is 38.2 Å². The van der Waals surface area contributed by atoms with Crippen molar-refractivity contribution in [1.82, 2.24) is 4.98 Å². The molecule has 0 atom stereocenters. The van der Waals surface area contributed by atoms with Crippen LogP contribution in [0.1, 0.15) is 42.9 Å². The fourth-order valence-corrected chi connectivity index (χ4v) is 2.66. The summed E-state index contributed by atoms with van der Waals surface area (Å²) in [7, 11) is 0. The summed E-state index contributed by atoms with van der Waals surface area (Å²) >= 11 is 0. The molecule has 0 aromatic carbocycles. The molecule has 0 spiro atoms. The number of hydrogen-bond acceptors (Lipinski definition) is 4. The molecule has 1 aromatic heterocycles. The fourth-order valence-electron chi connectivity index (χ4n) is 2.66. The zero-order chi connectivity index (χ0) is 13.9. The van der Waals surface area contributed by atoms with E-state index in [4.69, 9.17) is 4.74 Å². The maximum absolute atomic E-state index is 11.7. The number of ether oxygens (including phenoxy) is 1. The number of carbonyl (C=O) groups excluding carboxylic acids is 1. The van der Waals surface area contributed by atoms with Gasteiger partial charge in [0.05, 0.1) is 12.3 Å². The second-order valence-electron chi connectivity index (χ2n) is 5.54. The lowest BCUT2D eigenvalue weighted by molar-refractivity contribution is -0.117. The van der Waals surface area contributed by atoms with Crippen LogP contribution in [0.25, 0.3) is 0 Å². The van der Waals surface area contributed by atoms with Gasteiger partial charge in [-0.25, -0.2) is 4.98 Å². The monoisotopic (exact) mass is 276 g/mol. The maximum Gasteiger partial charge on any atom is 0.228 e. The molecule has 1 amide bonds. The van der Waals surface area contributed by atoms with Gasteiger partial charge >= 0.3 is 0 Å². The third kappa shape index (κ3) is 2.99. The van der Waals surface area contributed by atoms with Crippen LogP contribution in [0.2, 0.25) is 0 Å². The van der Waals surface area contributed by atoms with Gasteiger partial charge in [-0.1, -0.05) is 6.07 Å². The minimum absolute atomic E-state index is 0.0419. The predicted octanol–water partition coefficient (Wildman–Crippen LogP) is 1.82. The molecule has 20 heavy (non-hydrogen) atoms. The van der Waals surface area contributed by atoms with Crippen LogP contribution >= 0.6 is 0 Å². The summed E-state index contributed by atoms with van der Waals surface area (Å²) in [5, 5.41) is 12.3. The Morgan fingerprint density at radius 1 is 1.30 bits per heavy atom. The Balaban J connectivity index is 1.75. The normalized spacial score (nSPS) is 19.9. The van der Waals surface area contributed by atoms with Crippen LogP contribution in [0, 0.1) is 5.92 Å². The first-order chi connectivity index (χ1) is 9.78. The van der Waals surface area contributed by atoms with E-state index in [-0.39, 0.29) is 18.4 Å². The molecule has 2 heterocycles. The number of carbonyl (C=O) groups is 1. The molecule has 1 aliphatic heterocycles. The lowest BCUT2D eigenvalue weighted by Crippen LogP contribution is -2.18. The van der Waals surface area contributed by atoms with Gasteiger partial charge in [0.1, 0.15) is 5.82 Å². The van der Waals surface area contributed by atoms with Crippen LogP contribution in [0.15, 0.2) is 12.1 Å². The number of rotatable bonds is 4. The molecule has 5 nitrogen and oxygen atoms in total. The van der Waals surface area contributed by atoms with Crippen molar-refractivity contribution in [3.8, 4) is 0 Å². The fraction of sp³-hybridized carbons (Fsp3) is 0.600. The summed E-state index contributed by atoms with van der Waals surface area (Å²) in [6.45, 7) is 1.42. The van der Waals surface area contributed by atoms with E-state index in [0.29, 0.717) is 17.4 Å². The first-order valence-corrected chi connectivity index (χ1v) is 7.27. The predicted molar refractivity (Wildman–Crippen MR) is 74.3 cm³/mol. The molecular weight excluding hydrogens is 256 g/mol. The molecule has 0 unspecified atom stereocenters. The molecule has 108 valence electrons. The summed E-state index contributed by atoms with van der Waals surface area (Å²) < 4.78 is 5.36. The second-order valence-corrected chi connectivity index (χ2v) is 5.54. The van der Waals surface area contributed by atoms with Gasteiger partial charge in [0.25, 0.3) is 0 Å².